The molecule has 0 unspecified atom stereocenters. The van der Waals surface area contributed by atoms with Gasteiger partial charge in [-0.15, -0.1) is 0 Å². The number of benzene rings is 2. The number of thioether (sulfide) groups is 1. The van der Waals surface area contributed by atoms with Gasteiger partial charge in [0.25, 0.3) is 5.22 Å². The van der Waals surface area contributed by atoms with Crippen molar-refractivity contribution in [1.82, 2.24) is 9.88 Å². The highest BCUT2D eigenvalue weighted by molar-refractivity contribution is 7.99. The monoisotopic (exact) mass is 464 g/mol. The summed E-state index contributed by atoms with van der Waals surface area (Å²) in [6, 6.07) is 10.7. The molecule has 1 aromatic heterocycles. The van der Waals surface area contributed by atoms with Crippen LogP contribution in [-0.4, -0.2) is 54.3 Å². The number of anilines is 2. The molecule has 0 bridgehead atoms. The third-order valence-electron chi connectivity index (χ3n) is 5.36. The van der Waals surface area contributed by atoms with E-state index in [1.165, 1.54) is 6.07 Å². The third-order valence-corrected chi connectivity index (χ3v) is 6.19. The van der Waals surface area contributed by atoms with E-state index >= 15 is 0 Å². The molecule has 0 saturated carbocycles. The Hall–Kier alpha value is -2.72. The molecule has 0 radical (unpaired) electrons. The maximum absolute atomic E-state index is 13.3. The largest absolute Gasteiger partial charge is 0.431 e. The molecule has 10 heteroatoms. The first kappa shape index (κ1) is 22.5. The molecule has 2 aromatic carbocycles. The van der Waals surface area contributed by atoms with E-state index in [4.69, 9.17) is 4.42 Å². The summed E-state index contributed by atoms with van der Waals surface area (Å²) < 4.78 is 45.5. The van der Waals surface area contributed by atoms with Crippen LogP contribution >= 0.6 is 11.8 Å². The zero-order valence-electron chi connectivity index (χ0n) is 17.5. The van der Waals surface area contributed by atoms with E-state index in [9.17, 15) is 18.0 Å². The average molecular weight is 465 g/mol. The van der Waals surface area contributed by atoms with Crippen molar-refractivity contribution in [3.63, 3.8) is 0 Å². The highest BCUT2D eigenvalue weighted by atomic mass is 32.2. The van der Waals surface area contributed by atoms with Gasteiger partial charge in [-0.05, 0) is 36.9 Å². The molecule has 1 saturated heterocycles. The van der Waals surface area contributed by atoms with Gasteiger partial charge in [-0.25, -0.2) is 4.98 Å². The molecule has 1 fully saturated rings. The van der Waals surface area contributed by atoms with Crippen LogP contribution in [0.15, 0.2) is 52.1 Å². The van der Waals surface area contributed by atoms with Crippen LogP contribution in [0.4, 0.5) is 24.5 Å². The lowest BCUT2D eigenvalue weighted by Gasteiger charge is -2.36. The van der Waals surface area contributed by atoms with Crippen LogP contribution in [-0.2, 0) is 11.0 Å². The predicted octanol–water partition coefficient (Wildman–Crippen LogP) is 4.72. The number of oxazole rings is 1. The van der Waals surface area contributed by atoms with E-state index in [0.717, 1.165) is 43.5 Å². The number of aromatic nitrogens is 1. The molecule has 4 rings (SSSR count). The molecule has 170 valence electrons. The van der Waals surface area contributed by atoms with Crippen LogP contribution in [0.1, 0.15) is 12.5 Å². The number of nitrogens with one attached hydrogen (secondary N) is 1. The highest BCUT2D eigenvalue weighted by Crippen LogP contribution is 2.36. The Bertz CT molecular complexity index is 1060. The van der Waals surface area contributed by atoms with Gasteiger partial charge in [-0.2, -0.15) is 13.2 Å². The Labute approximate surface area is 187 Å². The number of hydrogen-bond donors (Lipinski definition) is 1. The lowest BCUT2D eigenvalue weighted by Crippen LogP contribution is -2.46. The van der Waals surface area contributed by atoms with Gasteiger partial charge in [0.05, 0.1) is 22.7 Å². The molecule has 6 nitrogen and oxygen atoms in total. The SMILES string of the molecule is CCN1CCN(c2ccc(C(F)(F)F)cc2NC(=O)CSc2nc3ccccc3o2)CC1. The standard InChI is InChI=1S/C22H23F3N4O2S/c1-2-28-9-11-29(12-10-28)18-8-7-15(22(23,24)25)13-17(18)26-20(30)14-32-21-27-16-5-3-4-6-19(16)31-21/h3-8,13H,2,9-12,14H2,1H3,(H,26,30). The number of amides is 1. The van der Waals surface area contributed by atoms with E-state index in [1.807, 2.05) is 17.0 Å². The Morgan fingerprint density at radius 2 is 1.91 bits per heavy atom. The predicted molar refractivity (Wildman–Crippen MR) is 119 cm³/mol. The third kappa shape index (κ3) is 5.18. The highest BCUT2D eigenvalue weighted by Gasteiger charge is 2.32. The van der Waals surface area contributed by atoms with E-state index in [1.54, 1.807) is 12.1 Å². The Balaban J connectivity index is 1.49. The minimum Gasteiger partial charge on any atom is -0.431 e. The number of para-hydroxylation sites is 2. The number of halogens is 3. The summed E-state index contributed by atoms with van der Waals surface area (Å²) in [5.41, 5.74) is 1.25. The van der Waals surface area contributed by atoms with Crippen molar-refractivity contribution in [2.45, 2.75) is 18.3 Å². The van der Waals surface area contributed by atoms with Crippen LogP contribution in [0.25, 0.3) is 11.1 Å². The smallest absolute Gasteiger partial charge is 0.416 e. The van der Waals surface area contributed by atoms with Gasteiger partial charge < -0.3 is 19.5 Å². The minimum atomic E-state index is -4.49. The molecule has 1 aliphatic rings. The Kier molecular flexibility index (Phi) is 6.61. The summed E-state index contributed by atoms with van der Waals surface area (Å²) in [6.07, 6.45) is -4.49. The van der Waals surface area contributed by atoms with Gasteiger partial charge in [-0.3, -0.25) is 4.79 Å². The number of fused-ring (bicyclic) bond motifs is 1. The fourth-order valence-corrected chi connectivity index (χ4v) is 4.26. The lowest BCUT2D eigenvalue weighted by molar-refractivity contribution is -0.137. The lowest BCUT2D eigenvalue weighted by atomic mass is 10.1. The summed E-state index contributed by atoms with van der Waals surface area (Å²) >= 11 is 1.10. The summed E-state index contributed by atoms with van der Waals surface area (Å²) in [4.78, 5) is 21.2. The van der Waals surface area contributed by atoms with Crippen LogP contribution in [0.3, 0.4) is 0 Å². The summed E-state index contributed by atoms with van der Waals surface area (Å²) in [5.74, 6) is -0.461. The first-order valence-corrected chi connectivity index (χ1v) is 11.3. The molecular weight excluding hydrogens is 441 g/mol. The number of alkyl halides is 3. The van der Waals surface area contributed by atoms with E-state index < -0.39 is 17.6 Å². The van der Waals surface area contributed by atoms with Gasteiger partial charge in [0.15, 0.2) is 5.58 Å². The van der Waals surface area contributed by atoms with Crippen molar-refractivity contribution in [3.8, 4) is 0 Å². The fourth-order valence-electron chi connectivity index (χ4n) is 3.62. The zero-order valence-corrected chi connectivity index (χ0v) is 18.3. The molecule has 0 spiro atoms. The maximum Gasteiger partial charge on any atom is 0.416 e. The topological polar surface area (TPSA) is 61.6 Å². The van der Waals surface area contributed by atoms with Crippen molar-refractivity contribution in [2.24, 2.45) is 0 Å². The van der Waals surface area contributed by atoms with Crippen molar-refractivity contribution in [2.75, 3.05) is 48.7 Å². The van der Waals surface area contributed by atoms with Crippen LogP contribution in [0.5, 0.6) is 0 Å². The second kappa shape index (κ2) is 9.41. The molecule has 1 aliphatic heterocycles. The Morgan fingerprint density at radius 1 is 1.16 bits per heavy atom. The quantitative estimate of drug-likeness (QED) is 0.533. The molecule has 1 N–H and O–H groups in total. The molecule has 0 atom stereocenters. The first-order valence-electron chi connectivity index (χ1n) is 10.3. The van der Waals surface area contributed by atoms with E-state index in [2.05, 4.69) is 22.1 Å². The number of carbonyl (C=O) groups excluding carboxylic acids is 1. The number of rotatable bonds is 6. The summed E-state index contributed by atoms with van der Waals surface area (Å²) in [5, 5.41) is 3.00. The Morgan fingerprint density at radius 3 is 2.59 bits per heavy atom. The van der Waals surface area contributed by atoms with Gasteiger partial charge in [0.1, 0.15) is 5.52 Å². The number of hydrogen-bond acceptors (Lipinski definition) is 6. The molecular formula is C22H23F3N4O2S. The molecule has 32 heavy (non-hydrogen) atoms. The van der Waals surface area contributed by atoms with E-state index in [0.29, 0.717) is 35.1 Å². The van der Waals surface area contributed by atoms with Crippen LogP contribution in [0, 0.1) is 0 Å². The fraction of sp³-hybridized carbons (Fsp3) is 0.364. The number of nitrogens with zero attached hydrogens (tertiary/aromatic N) is 3. The van der Waals surface area contributed by atoms with Crippen molar-refractivity contribution < 1.29 is 22.4 Å². The van der Waals surface area contributed by atoms with Gasteiger partial charge >= 0.3 is 6.18 Å². The minimum absolute atomic E-state index is 0.0356. The molecule has 2 heterocycles. The second-order valence-electron chi connectivity index (χ2n) is 7.44. The van der Waals surface area contributed by atoms with Gasteiger partial charge in [-0.1, -0.05) is 30.8 Å². The van der Waals surface area contributed by atoms with Crippen molar-refractivity contribution >= 4 is 40.1 Å². The van der Waals surface area contributed by atoms with Crippen molar-refractivity contribution in [3.05, 3.63) is 48.0 Å². The van der Waals surface area contributed by atoms with Crippen LogP contribution < -0.4 is 10.2 Å². The number of carbonyl (C=O) groups is 1. The number of piperazine rings is 1. The second-order valence-corrected chi connectivity index (χ2v) is 8.36. The normalized spacial score (nSPS) is 15.3. The maximum atomic E-state index is 13.3. The number of likely N-dealkylation sites (N-methyl/N-ethyl adjacent to an activating group) is 1. The van der Waals surface area contributed by atoms with Crippen molar-refractivity contribution in [1.29, 1.82) is 0 Å². The summed E-state index contributed by atoms with van der Waals surface area (Å²) in [7, 11) is 0. The molecule has 1 amide bonds. The van der Waals surface area contributed by atoms with Gasteiger partial charge in [0.2, 0.25) is 5.91 Å². The van der Waals surface area contributed by atoms with Gasteiger partial charge in [0, 0.05) is 26.2 Å². The molecule has 0 aliphatic carbocycles. The molecule has 3 aromatic rings. The first-order chi connectivity index (χ1) is 15.3. The van der Waals surface area contributed by atoms with Crippen LogP contribution in [0.2, 0.25) is 0 Å². The average Bonchev–Trinajstić information content (AvgIpc) is 3.20. The summed E-state index contributed by atoms with van der Waals surface area (Å²) in [6.45, 7) is 6.00. The zero-order chi connectivity index (χ0) is 22.7. The van der Waals surface area contributed by atoms with E-state index in [-0.39, 0.29) is 11.4 Å².